The molecule has 0 aromatic rings. The Morgan fingerprint density at radius 1 is 1.55 bits per heavy atom. The molecule has 0 fully saturated rings. The van der Waals surface area contributed by atoms with E-state index in [1.807, 2.05) is 0 Å². The molecular weight excluding hydrogens is 168 g/mol. The minimum atomic E-state index is -0.560. The third-order valence-corrected chi connectivity index (χ3v) is 1.15. The standard InChI is InChI=1S/C7H9ClO3/c1-2-3-11-7(10)4-6(9)5-8/h2H,1,3-5H2. The van der Waals surface area contributed by atoms with E-state index in [0.717, 1.165) is 0 Å². The van der Waals surface area contributed by atoms with E-state index in [1.165, 1.54) is 6.08 Å². The smallest absolute Gasteiger partial charge is 0.313 e. The third-order valence-electron chi connectivity index (χ3n) is 0.853. The van der Waals surface area contributed by atoms with Gasteiger partial charge in [-0.15, -0.1) is 11.6 Å². The zero-order valence-corrected chi connectivity index (χ0v) is 6.76. The number of carbonyl (C=O) groups is 2. The minimum Gasteiger partial charge on any atom is -0.461 e. The van der Waals surface area contributed by atoms with Gasteiger partial charge in [-0.25, -0.2) is 0 Å². The molecule has 0 saturated heterocycles. The maximum absolute atomic E-state index is 10.6. The van der Waals surface area contributed by atoms with Gasteiger partial charge >= 0.3 is 5.97 Å². The van der Waals surface area contributed by atoms with Crippen LogP contribution >= 0.6 is 11.6 Å². The molecule has 0 aliphatic carbocycles. The van der Waals surface area contributed by atoms with Gasteiger partial charge in [0.15, 0.2) is 5.78 Å². The second-order valence-electron chi connectivity index (χ2n) is 1.82. The van der Waals surface area contributed by atoms with Gasteiger partial charge in [0.05, 0.1) is 5.88 Å². The van der Waals surface area contributed by atoms with E-state index in [-0.39, 0.29) is 24.7 Å². The largest absolute Gasteiger partial charge is 0.461 e. The summed E-state index contributed by atoms with van der Waals surface area (Å²) in [4.78, 5) is 21.1. The SMILES string of the molecule is C=CCOC(=O)CC(=O)CCl. The molecule has 0 atom stereocenters. The summed E-state index contributed by atoms with van der Waals surface area (Å²) in [5.74, 6) is -1.04. The Hall–Kier alpha value is -0.830. The first-order chi connectivity index (χ1) is 5.20. The summed E-state index contributed by atoms with van der Waals surface area (Å²) in [6.07, 6.45) is 1.18. The highest BCUT2D eigenvalue weighted by atomic mass is 35.5. The highest BCUT2D eigenvalue weighted by Gasteiger charge is 2.07. The van der Waals surface area contributed by atoms with Crippen molar-refractivity contribution in [2.45, 2.75) is 6.42 Å². The lowest BCUT2D eigenvalue weighted by molar-refractivity contribution is -0.144. The molecule has 0 amide bonds. The molecule has 4 heteroatoms. The molecule has 0 rings (SSSR count). The molecule has 0 saturated carbocycles. The number of hydrogen-bond acceptors (Lipinski definition) is 3. The molecule has 0 spiro atoms. The van der Waals surface area contributed by atoms with E-state index in [1.54, 1.807) is 0 Å². The van der Waals surface area contributed by atoms with Crippen LogP contribution in [-0.4, -0.2) is 24.2 Å². The van der Waals surface area contributed by atoms with Crippen LogP contribution in [0.3, 0.4) is 0 Å². The third kappa shape index (κ3) is 5.61. The number of ketones is 1. The van der Waals surface area contributed by atoms with Crippen LogP contribution < -0.4 is 0 Å². The van der Waals surface area contributed by atoms with Crippen LogP contribution in [0, 0.1) is 0 Å². The van der Waals surface area contributed by atoms with Gasteiger partial charge in [-0.1, -0.05) is 12.7 Å². The minimum absolute atomic E-state index is 0.133. The Labute approximate surface area is 70.0 Å². The van der Waals surface area contributed by atoms with Crippen molar-refractivity contribution < 1.29 is 14.3 Å². The lowest BCUT2D eigenvalue weighted by atomic mass is 10.3. The Balaban J connectivity index is 3.51. The van der Waals surface area contributed by atoms with Crippen LogP contribution in [0.15, 0.2) is 12.7 Å². The Bertz CT molecular complexity index is 165. The fourth-order valence-corrected chi connectivity index (χ4v) is 0.506. The van der Waals surface area contributed by atoms with Gasteiger partial charge in [-0.3, -0.25) is 9.59 Å². The lowest BCUT2D eigenvalue weighted by Gasteiger charge is -1.98. The maximum atomic E-state index is 10.6. The quantitative estimate of drug-likeness (QED) is 0.271. The van der Waals surface area contributed by atoms with Crippen molar-refractivity contribution in [2.24, 2.45) is 0 Å². The predicted molar refractivity (Wildman–Crippen MR) is 41.5 cm³/mol. The van der Waals surface area contributed by atoms with Crippen molar-refractivity contribution in [1.82, 2.24) is 0 Å². The number of carbonyl (C=O) groups excluding carboxylic acids is 2. The van der Waals surface area contributed by atoms with Crippen molar-refractivity contribution in [3.05, 3.63) is 12.7 Å². The first-order valence-corrected chi connectivity index (χ1v) is 3.58. The molecular formula is C7H9ClO3. The Morgan fingerprint density at radius 3 is 2.64 bits per heavy atom. The van der Waals surface area contributed by atoms with Crippen molar-refractivity contribution in [3.8, 4) is 0 Å². The van der Waals surface area contributed by atoms with Gasteiger partial charge < -0.3 is 4.74 Å². The van der Waals surface area contributed by atoms with Gasteiger partial charge in [0.25, 0.3) is 0 Å². The number of alkyl halides is 1. The highest BCUT2D eigenvalue weighted by Crippen LogP contribution is 1.90. The average Bonchev–Trinajstić information content (AvgIpc) is 2.00. The molecule has 0 N–H and O–H groups in total. The predicted octanol–water partition coefficient (Wildman–Crippen LogP) is 0.914. The fourth-order valence-electron chi connectivity index (χ4n) is 0.411. The fraction of sp³-hybridized carbons (Fsp3) is 0.429. The molecule has 0 bridgehead atoms. The topological polar surface area (TPSA) is 43.4 Å². The van der Waals surface area contributed by atoms with Gasteiger partial charge in [-0.2, -0.15) is 0 Å². The number of rotatable bonds is 5. The zero-order valence-electron chi connectivity index (χ0n) is 6.01. The molecule has 0 aromatic carbocycles. The summed E-state index contributed by atoms with van der Waals surface area (Å²) in [6.45, 7) is 3.48. The second-order valence-corrected chi connectivity index (χ2v) is 2.09. The number of ether oxygens (including phenoxy) is 1. The van der Waals surface area contributed by atoms with Crippen molar-refractivity contribution >= 4 is 23.4 Å². The Kier molecular flexibility index (Phi) is 5.47. The summed E-state index contributed by atoms with van der Waals surface area (Å²) in [5, 5.41) is 0. The summed E-state index contributed by atoms with van der Waals surface area (Å²) >= 11 is 5.15. The summed E-state index contributed by atoms with van der Waals surface area (Å²) < 4.78 is 4.53. The first kappa shape index (κ1) is 10.2. The number of Topliss-reactive ketones (excluding diaryl/α,β-unsaturated/α-hetero) is 1. The van der Waals surface area contributed by atoms with Crippen molar-refractivity contribution in [3.63, 3.8) is 0 Å². The van der Waals surface area contributed by atoms with E-state index in [9.17, 15) is 9.59 Å². The molecule has 0 heterocycles. The lowest BCUT2D eigenvalue weighted by Crippen LogP contribution is -2.11. The first-order valence-electron chi connectivity index (χ1n) is 3.05. The molecule has 11 heavy (non-hydrogen) atoms. The zero-order chi connectivity index (χ0) is 8.69. The van der Waals surface area contributed by atoms with E-state index in [0.29, 0.717) is 0 Å². The maximum Gasteiger partial charge on any atom is 0.313 e. The molecule has 3 nitrogen and oxygen atoms in total. The summed E-state index contributed by atoms with van der Waals surface area (Å²) in [7, 11) is 0. The molecule has 0 aromatic heterocycles. The molecule has 0 unspecified atom stereocenters. The van der Waals surface area contributed by atoms with Gasteiger partial charge in [0.1, 0.15) is 13.0 Å². The number of halogens is 1. The van der Waals surface area contributed by atoms with Crippen LogP contribution in [0.25, 0.3) is 0 Å². The van der Waals surface area contributed by atoms with Crippen LogP contribution in [0.1, 0.15) is 6.42 Å². The molecule has 0 aliphatic heterocycles. The Morgan fingerprint density at radius 2 is 2.18 bits per heavy atom. The summed E-state index contributed by atoms with van der Waals surface area (Å²) in [5.41, 5.74) is 0. The van der Waals surface area contributed by atoms with E-state index in [4.69, 9.17) is 11.6 Å². The van der Waals surface area contributed by atoms with Crippen molar-refractivity contribution in [2.75, 3.05) is 12.5 Å². The molecule has 62 valence electrons. The van der Waals surface area contributed by atoms with Crippen LogP contribution in [0.5, 0.6) is 0 Å². The molecule has 0 radical (unpaired) electrons. The van der Waals surface area contributed by atoms with Gasteiger partial charge in [-0.05, 0) is 0 Å². The van der Waals surface area contributed by atoms with Gasteiger partial charge in [0, 0.05) is 0 Å². The van der Waals surface area contributed by atoms with E-state index in [2.05, 4.69) is 11.3 Å². The number of esters is 1. The van der Waals surface area contributed by atoms with E-state index >= 15 is 0 Å². The monoisotopic (exact) mass is 176 g/mol. The normalized spacial score (nSPS) is 8.82. The van der Waals surface area contributed by atoms with Crippen LogP contribution in [0.4, 0.5) is 0 Å². The van der Waals surface area contributed by atoms with Crippen molar-refractivity contribution in [1.29, 1.82) is 0 Å². The second kappa shape index (κ2) is 5.92. The van der Waals surface area contributed by atoms with Crippen LogP contribution in [0.2, 0.25) is 0 Å². The van der Waals surface area contributed by atoms with Crippen LogP contribution in [-0.2, 0) is 14.3 Å². The van der Waals surface area contributed by atoms with E-state index < -0.39 is 5.97 Å². The van der Waals surface area contributed by atoms with Gasteiger partial charge in [0.2, 0.25) is 0 Å². The average molecular weight is 177 g/mol. The number of hydrogen-bond donors (Lipinski definition) is 0. The summed E-state index contributed by atoms with van der Waals surface area (Å²) in [6, 6.07) is 0. The highest BCUT2D eigenvalue weighted by molar-refractivity contribution is 6.28. The molecule has 0 aliphatic rings.